The highest BCUT2D eigenvalue weighted by molar-refractivity contribution is 6.00. The van der Waals surface area contributed by atoms with Crippen molar-refractivity contribution in [3.63, 3.8) is 0 Å². The third-order valence-corrected chi connectivity index (χ3v) is 6.69. The number of carbonyl (C=O) groups excluding carboxylic acids is 2. The van der Waals surface area contributed by atoms with Crippen molar-refractivity contribution >= 4 is 22.7 Å². The van der Waals surface area contributed by atoms with Gasteiger partial charge in [0.05, 0.1) is 14.2 Å². The van der Waals surface area contributed by atoms with Crippen molar-refractivity contribution in [3.8, 4) is 0 Å². The second-order valence-electron chi connectivity index (χ2n) is 8.28. The second kappa shape index (κ2) is 6.77. The zero-order valence-corrected chi connectivity index (χ0v) is 16.8. The van der Waals surface area contributed by atoms with Crippen LogP contribution in [0.25, 0.3) is 10.8 Å². The standard InChI is InChI=1S/C24H26O4/c1-14(2)20-18-12-24(22(25)27-3,23(26)28-4)13-19(18)21(20)17-10-9-15-7-5-6-8-16(15)11-17/h5-11,18-19,21H,12-13H2,1-4H3/t18-,19+,21-/m0/s1. The summed E-state index contributed by atoms with van der Waals surface area (Å²) in [4.78, 5) is 25.2. The topological polar surface area (TPSA) is 52.6 Å². The minimum Gasteiger partial charge on any atom is -0.468 e. The molecule has 0 heterocycles. The molecule has 3 atom stereocenters. The van der Waals surface area contributed by atoms with Crippen LogP contribution in [0.4, 0.5) is 0 Å². The summed E-state index contributed by atoms with van der Waals surface area (Å²) in [6.45, 7) is 4.24. The van der Waals surface area contributed by atoms with Crippen LogP contribution < -0.4 is 0 Å². The summed E-state index contributed by atoms with van der Waals surface area (Å²) in [6, 6.07) is 14.9. The third kappa shape index (κ3) is 2.58. The van der Waals surface area contributed by atoms with Crippen molar-refractivity contribution in [1.29, 1.82) is 0 Å². The van der Waals surface area contributed by atoms with Gasteiger partial charge in [-0.2, -0.15) is 0 Å². The summed E-state index contributed by atoms with van der Waals surface area (Å²) in [7, 11) is 2.69. The van der Waals surface area contributed by atoms with Gasteiger partial charge in [0.2, 0.25) is 0 Å². The lowest BCUT2D eigenvalue weighted by Crippen LogP contribution is -2.39. The zero-order chi connectivity index (χ0) is 20.1. The van der Waals surface area contributed by atoms with Gasteiger partial charge in [0.1, 0.15) is 0 Å². The largest absolute Gasteiger partial charge is 0.468 e. The Hall–Kier alpha value is -2.62. The van der Waals surface area contributed by atoms with Crippen molar-refractivity contribution in [3.05, 3.63) is 59.2 Å². The van der Waals surface area contributed by atoms with E-state index >= 15 is 0 Å². The van der Waals surface area contributed by atoms with E-state index in [-0.39, 0.29) is 17.8 Å². The lowest BCUT2D eigenvalue weighted by Gasteiger charge is -2.45. The first-order valence-electron chi connectivity index (χ1n) is 9.75. The van der Waals surface area contributed by atoms with Crippen LogP contribution in [-0.2, 0) is 19.1 Å². The molecule has 0 spiro atoms. The van der Waals surface area contributed by atoms with E-state index in [9.17, 15) is 9.59 Å². The molecule has 0 bridgehead atoms. The van der Waals surface area contributed by atoms with Crippen LogP contribution in [0.5, 0.6) is 0 Å². The first-order valence-corrected chi connectivity index (χ1v) is 9.75. The van der Waals surface area contributed by atoms with Gasteiger partial charge in [0.25, 0.3) is 0 Å². The van der Waals surface area contributed by atoms with Crippen LogP contribution in [0.1, 0.15) is 38.2 Å². The molecule has 2 aromatic rings. The van der Waals surface area contributed by atoms with Crippen molar-refractivity contribution < 1.29 is 19.1 Å². The molecule has 2 aromatic carbocycles. The van der Waals surface area contributed by atoms with Crippen molar-refractivity contribution in [2.45, 2.75) is 32.6 Å². The van der Waals surface area contributed by atoms with Crippen molar-refractivity contribution in [2.75, 3.05) is 14.2 Å². The number of esters is 2. The number of hydrogen-bond acceptors (Lipinski definition) is 4. The van der Waals surface area contributed by atoms with Crippen LogP contribution in [0.3, 0.4) is 0 Å². The Labute approximate surface area is 165 Å². The predicted molar refractivity (Wildman–Crippen MR) is 108 cm³/mol. The fourth-order valence-electron chi connectivity index (χ4n) is 5.51. The molecule has 2 saturated carbocycles. The van der Waals surface area contributed by atoms with E-state index in [0.29, 0.717) is 12.8 Å². The minimum absolute atomic E-state index is 0.222. The highest BCUT2D eigenvalue weighted by Gasteiger charge is 2.64. The van der Waals surface area contributed by atoms with E-state index in [1.807, 2.05) is 12.1 Å². The predicted octanol–water partition coefficient (Wildman–Crippen LogP) is 4.63. The number of rotatable bonds is 3. The van der Waals surface area contributed by atoms with Gasteiger partial charge in [0, 0.05) is 5.92 Å². The summed E-state index contributed by atoms with van der Waals surface area (Å²) in [5.41, 5.74) is 2.69. The quantitative estimate of drug-likeness (QED) is 0.444. The molecule has 0 saturated heterocycles. The summed E-state index contributed by atoms with van der Waals surface area (Å²) >= 11 is 0. The number of ether oxygens (including phenoxy) is 2. The number of carbonyl (C=O) groups is 2. The Morgan fingerprint density at radius 3 is 2.18 bits per heavy atom. The monoisotopic (exact) mass is 378 g/mol. The van der Waals surface area contributed by atoms with E-state index in [1.54, 1.807) is 0 Å². The summed E-state index contributed by atoms with van der Waals surface area (Å²) in [6.07, 6.45) is 0.951. The number of methoxy groups -OCH3 is 2. The van der Waals surface area contributed by atoms with Gasteiger partial charge >= 0.3 is 11.9 Å². The number of hydrogen-bond donors (Lipinski definition) is 0. The molecule has 0 amide bonds. The SMILES string of the molecule is COC(=O)C1(C(=O)OC)C[C@@H]2[C@H](C1)C(=C(C)C)[C@H]2c1ccc2ccccc2c1. The highest BCUT2D eigenvalue weighted by atomic mass is 16.5. The Balaban J connectivity index is 1.76. The lowest BCUT2D eigenvalue weighted by atomic mass is 9.58. The fraction of sp³-hybridized carbons (Fsp3) is 0.417. The lowest BCUT2D eigenvalue weighted by molar-refractivity contribution is -0.168. The molecule has 4 rings (SSSR count). The minimum atomic E-state index is -1.19. The molecule has 28 heavy (non-hydrogen) atoms. The van der Waals surface area contributed by atoms with Crippen LogP contribution in [-0.4, -0.2) is 26.2 Å². The van der Waals surface area contributed by atoms with Crippen LogP contribution >= 0.6 is 0 Å². The normalized spacial score (nSPS) is 25.0. The number of allylic oxidation sites excluding steroid dienone is 2. The maximum atomic E-state index is 12.6. The average Bonchev–Trinajstić information content (AvgIpc) is 3.02. The van der Waals surface area contributed by atoms with Crippen LogP contribution in [0.15, 0.2) is 53.6 Å². The molecule has 0 radical (unpaired) electrons. The Bertz CT molecular complexity index is 967. The second-order valence-corrected chi connectivity index (χ2v) is 8.28. The average molecular weight is 378 g/mol. The van der Waals surface area contributed by atoms with Gasteiger partial charge < -0.3 is 9.47 Å². The zero-order valence-electron chi connectivity index (χ0n) is 16.8. The maximum Gasteiger partial charge on any atom is 0.323 e. The molecule has 0 aromatic heterocycles. The van der Waals surface area contributed by atoms with Crippen LogP contribution in [0.2, 0.25) is 0 Å². The smallest absolute Gasteiger partial charge is 0.323 e. The van der Waals surface area contributed by atoms with Crippen molar-refractivity contribution in [1.82, 2.24) is 0 Å². The van der Waals surface area contributed by atoms with E-state index in [2.05, 4.69) is 44.2 Å². The molecule has 2 fully saturated rings. The van der Waals surface area contributed by atoms with Gasteiger partial charge in [0.15, 0.2) is 5.41 Å². The first kappa shape index (κ1) is 18.7. The van der Waals surface area contributed by atoms with Crippen LogP contribution in [0, 0.1) is 17.3 Å². The van der Waals surface area contributed by atoms with Gasteiger partial charge in [-0.3, -0.25) is 9.59 Å². The number of fused-ring (bicyclic) bond motifs is 2. The number of benzene rings is 2. The highest BCUT2D eigenvalue weighted by Crippen LogP contribution is 2.66. The van der Waals surface area contributed by atoms with E-state index in [0.717, 1.165) is 0 Å². The van der Waals surface area contributed by atoms with Gasteiger partial charge in [-0.25, -0.2) is 0 Å². The van der Waals surface area contributed by atoms with E-state index in [4.69, 9.17) is 9.47 Å². The first-order chi connectivity index (χ1) is 13.4. The van der Waals surface area contributed by atoms with Gasteiger partial charge in [-0.05, 0) is 54.9 Å². The molecule has 4 nitrogen and oxygen atoms in total. The molecule has 2 aliphatic rings. The molecule has 4 heteroatoms. The molecule has 146 valence electrons. The van der Waals surface area contributed by atoms with Gasteiger partial charge in [-0.15, -0.1) is 0 Å². The molecule has 0 aliphatic heterocycles. The summed E-state index contributed by atoms with van der Waals surface area (Å²) in [5, 5.41) is 2.42. The van der Waals surface area contributed by atoms with Crippen molar-refractivity contribution in [2.24, 2.45) is 17.3 Å². The molecule has 0 N–H and O–H groups in total. The summed E-state index contributed by atoms with van der Waals surface area (Å²) in [5.74, 6) is -0.252. The maximum absolute atomic E-state index is 12.6. The van der Waals surface area contributed by atoms with Gasteiger partial charge in [-0.1, -0.05) is 53.6 Å². The summed E-state index contributed by atoms with van der Waals surface area (Å²) < 4.78 is 10.0. The van der Waals surface area contributed by atoms with E-state index < -0.39 is 17.4 Å². The molecule has 2 aliphatic carbocycles. The fourth-order valence-corrected chi connectivity index (χ4v) is 5.51. The Morgan fingerprint density at radius 1 is 0.929 bits per heavy atom. The molecular formula is C24H26O4. The van der Waals surface area contributed by atoms with E-state index in [1.165, 1.54) is 41.7 Å². The Kier molecular flexibility index (Phi) is 4.53. The third-order valence-electron chi connectivity index (χ3n) is 6.69. The Morgan fingerprint density at radius 2 is 1.57 bits per heavy atom. The molecular weight excluding hydrogens is 352 g/mol. The molecule has 0 unspecified atom stereocenters.